The van der Waals surface area contributed by atoms with Crippen molar-refractivity contribution in [3.8, 4) is 11.3 Å². The van der Waals surface area contributed by atoms with E-state index in [-0.39, 0.29) is 6.10 Å². The average Bonchev–Trinajstić information content (AvgIpc) is 3.17. The highest BCUT2D eigenvalue weighted by Gasteiger charge is 2.31. The fraction of sp³-hybridized carbons (Fsp3) is 0.545. The zero-order valence-electron chi connectivity index (χ0n) is 23.9. The number of rotatable bonds is 7. The van der Waals surface area contributed by atoms with E-state index < -0.39 is 5.97 Å². The lowest BCUT2D eigenvalue weighted by molar-refractivity contribution is -0.0324. The van der Waals surface area contributed by atoms with Gasteiger partial charge < -0.3 is 19.3 Å². The minimum atomic E-state index is -0.875. The number of halogens is 1. The van der Waals surface area contributed by atoms with Gasteiger partial charge in [-0.1, -0.05) is 36.9 Å². The molecule has 0 bridgehead atoms. The number of piperidine rings is 1. The average molecular weight is 564 g/mol. The number of aromatic nitrogens is 1. The van der Waals surface area contributed by atoms with Gasteiger partial charge in [0.1, 0.15) is 0 Å². The van der Waals surface area contributed by atoms with Gasteiger partial charge in [-0.3, -0.25) is 4.90 Å². The van der Waals surface area contributed by atoms with Crippen molar-refractivity contribution < 1.29 is 14.6 Å². The van der Waals surface area contributed by atoms with Crippen molar-refractivity contribution in [2.45, 2.75) is 83.5 Å². The van der Waals surface area contributed by atoms with Gasteiger partial charge in [0.15, 0.2) is 0 Å². The number of anilines is 1. The van der Waals surface area contributed by atoms with Crippen molar-refractivity contribution in [1.29, 1.82) is 0 Å². The first-order valence-corrected chi connectivity index (χ1v) is 15.6. The second-order valence-electron chi connectivity index (χ2n) is 12.2. The van der Waals surface area contributed by atoms with Gasteiger partial charge in [0, 0.05) is 59.9 Å². The molecule has 6 nitrogen and oxygen atoms in total. The molecular weight excluding hydrogens is 522 g/mol. The van der Waals surface area contributed by atoms with Crippen LogP contribution in [0.2, 0.25) is 5.02 Å². The fourth-order valence-corrected chi connectivity index (χ4v) is 7.52. The van der Waals surface area contributed by atoms with E-state index in [1.165, 1.54) is 66.4 Å². The van der Waals surface area contributed by atoms with Gasteiger partial charge in [-0.25, -0.2) is 4.79 Å². The van der Waals surface area contributed by atoms with Crippen molar-refractivity contribution in [3.63, 3.8) is 0 Å². The Bertz CT molecular complexity index is 1380. The number of likely N-dealkylation sites (tertiary alicyclic amines) is 1. The Morgan fingerprint density at radius 2 is 1.82 bits per heavy atom. The highest BCUT2D eigenvalue weighted by Crippen LogP contribution is 2.47. The van der Waals surface area contributed by atoms with E-state index in [0.717, 1.165) is 56.2 Å². The first-order chi connectivity index (χ1) is 19.4. The van der Waals surface area contributed by atoms with Gasteiger partial charge in [0.25, 0.3) is 0 Å². The molecule has 1 N–H and O–H groups in total. The number of benzene rings is 2. The molecule has 40 heavy (non-hydrogen) atoms. The molecule has 0 spiro atoms. The first kappa shape index (κ1) is 27.6. The molecule has 3 heterocycles. The van der Waals surface area contributed by atoms with Gasteiger partial charge in [-0.05, 0) is 87.9 Å². The van der Waals surface area contributed by atoms with Crippen LogP contribution in [0, 0.1) is 0 Å². The Hall–Kier alpha value is -2.54. The minimum absolute atomic E-state index is 0.259. The molecule has 1 atom stereocenters. The Kier molecular flexibility index (Phi) is 8.11. The van der Waals surface area contributed by atoms with E-state index in [4.69, 9.17) is 16.3 Å². The Morgan fingerprint density at radius 3 is 2.60 bits per heavy atom. The molecule has 1 saturated carbocycles. The number of hydrogen-bond acceptors (Lipinski definition) is 4. The van der Waals surface area contributed by atoms with Crippen molar-refractivity contribution in [2.75, 3.05) is 37.6 Å². The van der Waals surface area contributed by atoms with Crippen molar-refractivity contribution in [3.05, 3.63) is 52.5 Å². The van der Waals surface area contributed by atoms with Gasteiger partial charge in [0.05, 0.1) is 23.5 Å². The van der Waals surface area contributed by atoms with E-state index in [2.05, 4.69) is 46.4 Å². The molecule has 2 aliphatic heterocycles. The van der Waals surface area contributed by atoms with E-state index in [9.17, 15) is 9.90 Å². The van der Waals surface area contributed by atoms with Crippen LogP contribution in [0.5, 0.6) is 0 Å². The summed E-state index contributed by atoms with van der Waals surface area (Å²) in [6, 6.07) is 12.1. The summed E-state index contributed by atoms with van der Waals surface area (Å²) in [7, 11) is 0. The Labute approximate surface area is 242 Å². The molecule has 0 radical (unpaired) electrons. The maximum Gasteiger partial charge on any atom is 0.335 e. The molecule has 214 valence electrons. The summed E-state index contributed by atoms with van der Waals surface area (Å²) in [6.07, 6.45) is 9.06. The van der Waals surface area contributed by atoms with Gasteiger partial charge in [0.2, 0.25) is 0 Å². The molecule has 1 saturated heterocycles. The topological polar surface area (TPSA) is 57.9 Å². The van der Waals surface area contributed by atoms with Gasteiger partial charge >= 0.3 is 5.97 Å². The van der Waals surface area contributed by atoms with E-state index in [1.54, 1.807) is 6.07 Å². The van der Waals surface area contributed by atoms with Crippen LogP contribution in [-0.4, -0.2) is 65.5 Å². The number of fused-ring (bicyclic) bond motifs is 5. The third kappa shape index (κ3) is 5.50. The normalized spacial score (nSPS) is 20.5. The predicted molar refractivity (Wildman–Crippen MR) is 163 cm³/mol. The second-order valence-corrected chi connectivity index (χ2v) is 12.6. The fourth-order valence-electron chi connectivity index (χ4n) is 7.35. The quantitative estimate of drug-likeness (QED) is 0.324. The van der Waals surface area contributed by atoms with Gasteiger partial charge in [-0.2, -0.15) is 0 Å². The highest BCUT2D eigenvalue weighted by molar-refractivity contribution is 6.31. The lowest BCUT2D eigenvalue weighted by Gasteiger charge is -2.35. The zero-order chi connectivity index (χ0) is 27.8. The van der Waals surface area contributed by atoms with Gasteiger partial charge in [-0.15, -0.1) is 0 Å². The third-order valence-corrected chi connectivity index (χ3v) is 9.36. The molecular formula is C33H42ClN3O3. The summed E-state index contributed by atoms with van der Waals surface area (Å²) in [4.78, 5) is 17.0. The smallest absolute Gasteiger partial charge is 0.335 e. The van der Waals surface area contributed by atoms with E-state index in [1.807, 2.05) is 12.1 Å². The number of ether oxygens (including phenoxy) is 1. The first-order valence-electron chi connectivity index (χ1n) is 15.2. The van der Waals surface area contributed by atoms with Crippen LogP contribution < -0.4 is 4.90 Å². The predicted octanol–water partition coefficient (Wildman–Crippen LogP) is 7.42. The molecule has 7 heteroatoms. The van der Waals surface area contributed by atoms with E-state index in [0.29, 0.717) is 17.6 Å². The maximum absolute atomic E-state index is 11.9. The minimum Gasteiger partial charge on any atom is -0.478 e. The SMILES string of the molecule is CC(C)OC1CCCN(CCN2CCn3c(c(C4CCCCC4)c4ccc(C(=O)O)cc43)-c3ccc(Cl)cc32)C1. The standard InChI is InChI=1S/C33H42ClN3O3/c1-22(2)40-26-9-6-14-35(21-26)15-16-36-17-18-37-30-19-24(33(38)39)10-12-27(30)31(23-7-4-3-5-8-23)32(37)28-13-11-25(34)20-29(28)36/h10-13,19-20,22-23,26H,3-9,14-18,21H2,1-2H3,(H,38,39). The number of aromatic carboxylic acids is 1. The number of carboxylic acid groups (broad SMARTS) is 1. The van der Waals surface area contributed by atoms with Crippen molar-refractivity contribution in [2.24, 2.45) is 0 Å². The summed E-state index contributed by atoms with van der Waals surface area (Å²) in [5.41, 5.74) is 6.47. The molecule has 6 rings (SSSR count). The molecule has 1 aromatic heterocycles. The lowest BCUT2D eigenvalue weighted by Crippen LogP contribution is -2.44. The Balaban J connectivity index is 1.38. The number of hydrogen-bond donors (Lipinski definition) is 1. The van der Waals surface area contributed by atoms with E-state index >= 15 is 0 Å². The van der Waals surface area contributed by atoms with Crippen LogP contribution in [0.1, 0.15) is 80.6 Å². The molecule has 3 aromatic rings. The highest BCUT2D eigenvalue weighted by atomic mass is 35.5. The monoisotopic (exact) mass is 563 g/mol. The van der Waals surface area contributed by atoms with Crippen LogP contribution in [0.4, 0.5) is 5.69 Å². The molecule has 2 aromatic carbocycles. The van der Waals surface area contributed by atoms with Crippen molar-refractivity contribution in [1.82, 2.24) is 9.47 Å². The van der Waals surface area contributed by atoms with Crippen LogP contribution >= 0.6 is 11.6 Å². The molecule has 3 aliphatic rings. The molecule has 1 unspecified atom stereocenters. The summed E-state index contributed by atoms with van der Waals surface area (Å²) < 4.78 is 8.57. The second kappa shape index (κ2) is 11.8. The van der Waals surface area contributed by atoms with Crippen molar-refractivity contribution >= 4 is 34.2 Å². The molecule has 0 amide bonds. The largest absolute Gasteiger partial charge is 0.478 e. The lowest BCUT2D eigenvalue weighted by atomic mass is 9.81. The van der Waals surface area contributed by atoms with Crippen LogP contribution in [0.3, 0.4) is 0 Å². The number of carbonyl (C=O) groups is 1. The number of nitrogens with zero attached hydrogens (tertiary/aromatic N) is 3. The Morgan fingerprint density at radius 1 is 1.00 bits per heavy atom. The zero-order valence-corrected chi connectivity index (χ0v) is 24.6. The summed E-state index contributed by atoms with van der Waals surface area (Å²) in [5, 5.41) is 11.8. The van der Waals surface area contributed by atoms with Crippen LogP contribution in [0.15, 0.2) is 36.4 Å². The molecule has 1 aliphatic carbocycles. The third-order valence-electron chi connectivity index (χ3n) is 9.13. The number of carboxylic acids is 1. The van der Waals surface area contributed by atoms with Crippen LogP contribution in [0.25, 0.3) is 22.2 Å². The molecule has 2 fully saturated rings. The summed E-state index contributed by atoms with van der Waals surface area (Å²) in [5.74, 6) is -0.384. The summed E-state index contributed by atoms with van der Waals surface area (Å²) in [6.45, 7) is 9.92. The maximum atomic E-state index is 11.9. The summed E-state index contributed by atoms with van der Waals surface area (Å²) >= 11 is 6.64. The van der Waals surface area contributed by atoms with Crippen LogP contribution in [-0.2, 0) is 11.3 Å².